The lowest BCUT2D eigenvalue weighted by molar-refractivity contribution is 0.843. The average Bonchev–Trinajstić information content (AvgIpc) is 2.56. The van der Waals surface area contributed by atoms with Crippen LogP contribution in [0.4, 0.5) is 0 Å². The highest BCUT2D eigenvalue weighted by Gasteiger charge is 1.88. The van der Waals surface area contributed by atoms with Crippen LogP contribution in [0.25, 0.3) is 0 Å². The van der Waals surface area contributed by atoms with Crippen molar-refractivity contribution in [1.29, 1.82) is 0 Å². The lowest BCUT2D eigenvalue weighted by Gasteiger charge is -1.97. The molecule has 0 heterocycles. The van der Waals surface area contributed by atoms with Gasteiger partial charge in [-0.3, -0.25) is 0 Å². The third-order valence-electron chi connectivity index (χ3n) is 2.63. The fraction of sp³-hybridized carbons (Fsp3) is 0.455. The molecule has 0 bridgehead atoms. The molecule has 1 rings (SSSR count). The first-order chi connectivity index (χ1) is 10.8. The number of aryl methyl sites for hydroxylation is 1. The largest absolute Gasteiger partial charge is 0.0919 e. The fourth-order valence-electron chi connectivity index (χ4n) is 1.46. The summed E-state index contributed by atoms with van der Waals surface area (Å²) in [6.45, 7) is 10.4. The van der Waals surface area contributed by atoms with E-state index in [1.54, 1.807) is 0 Å². The summed E-state index contributed by atoms with van der Waals surface area (Å²) in [5.74, 6) is 0. The maximum Gasteiger partial charge on any atom is -0.0276 e. The molecule has 1 aromatic rings. The molecule has 0 nitrogen and oxygen atoms in total. The van der Waals surface area contributed by atoms with Crippen molar-refractivity contribution >= 4 is 0 Å². The van der Waals surface area contributed by atoms with Crippen LogP contribution < -0.4 is 0 Å². The van der Waals surface area contributed by atoms with E-state index in [1.807, 2.05) is 26.0 Å². The fourth-order valence-corrected chi connectivity index (χ4v) is 1.46. The maximum atomic E-state index is 2.25. The van der Waals surface area contributed by atoms with Gasteiger partial charge < -0.3 is 0 Å². The van der Waals surface area contributed by atoms with Crippen molar-refractivity contribution in [2.75, 3.05) is 0 Å². The Morgan fingerprint density at radius 1 is 0.818 bits per heavy atom. The Morgan fingerprint density at radius 2 is 1.36 bits per heavy atom. The summed E-state index contributed by atoms with van der Waals surface area (Å²) >= 11 is 0. The van der Waals surface area contributed by atoms with E-state index in [-0.39, 0.29) is 0 Å². The molecule has 0 spiro atoms. The second kappa shape index (κ2) is 21.7. The lowest BCUT2D eigenvalue weighted by atomic mass is 10.1. The predicted octanol–water partition coefficient (Wildman–Crippen LogP) is 7.53. The first-order valence-electron chi connectivity index (χ1n) is 8.69. The van der Waals surface area contributed by atoms with Crippen molar-refractivity contribution in [1.82, 2.24) is 0 Å². The SMILES string of the molecule is C/C=C\C.CC/C=C\C=C/CCCc1ccccc1.CCC. The molecule has 0 aliphatic heterocycles. The minimum absolute atomic E-state index is 1.12. The molecular weight excluding hydrogens is 264 g/mol. The van der Waals surface area contributed by atoms with Crippen LogP contribution in [0.1, 0.15) is 65.9 Å². The Balaban J connectivity index is 0. The van der Waals surface area contributed by atoms with Crippen LogP contribution in [-0.4, -0.2) is 0 Å². The molecule has 0 heteroatoms. The highest BCUT2D eigenvalue weighted by atomic mass is 13.9. The molecule has 124 valence electrons. The number of hydrogen-bond acceptors (Lipinski definition) is 0. The van der Waals surface area contributed by atoms with Crippen molar-refractivity contribution in [3.8, 4) is 0 Å². The van der Waals surface area contributed by atoms with Crippen molar-refractivity contribution < 1.29 is 0 Å². The molecule has 0 aromatic heterocycles. The van der Waals surface area contributed by atoms with Gasteiger partial charge >= 0.3 is 0 Å². The molecule has 0 unspecified atom stereocenters. The van der Waals surface area contributed by atoms with Crippen LogP contribution in [-0.2, 0) is 6.42 Å². The molecule has 1 aromatic carbocycles. The molecule has 0 saturated carbocycles. The van der Waals surface area contributed by atoms with Crippen molar-refractivity contribution in [3.63, 3.8) is 0 Å². The maximum absolute atomic E-state index is 2.25. The van der Waals surface area contributed by atoms with Gasteiger partial charge in [0.05, 0.1) is 0 Å². The zero-order valence-corrected chi connectivity index (χ0v) is 15.4. The second-order valence-corrected chi connectivity index (χ2v) is 5.02. The number of benzene rings is 1. The molecule has 22 heavy (non-hydrogen) atoms. The summed E-state index contributed by atoms with van der Waals surface area (Å²) in [6, 6.07) is 10.7. The van der Waals surface area contributed by atoms with Gasteiger partial charge in [0, 0.05) is 0 Å². The van der Waals surface area contributed by atoms with Gasteiger partial charge in [-0.1, -0.05) is 94.0 Å². The van der Waals surface area contributed by atoms with Gasteiger partial charge in [-0.05, 0) is 45.1 Å². The quantitative estimate of drug-likeness (QED) is 0.289. The topological polar surface area (TPSA) is 0 Å². The average molecular weight is 301 g/mol. The van der Waals surface area contributed by atoms with E-state index >= 15 is 0 Å². The van der Waals surface area contributed by atoms with Crippen LogP contribution in [0.3, 0.4) is 0 Å². The van der Waals surface area contributed by atoms with E-state index < -0.39 is 0 Å². The third-order valence-corrected chi connectivity index (χ3v) is 2.63. The summed E-state index contributed by atoms with van der Waals surface area (Å²) in [5.41, 5.74) is 1.44. The Hall–Kier alpha value is -1.56. The van der Waals surface area contributed by atoms with Crippen molar-refractivity contribution in [2.24, 2.45) is 0 Å². The summed E-state index contributed by atoms with van der Waals surface area (Å²) in [7, 11) is 0. The molecule has 0 radical (unpaired) electrons. The van der Waals surface area contributed by atoms with Gasteiger partial charge in [-0.2, -0.15) is 0 Å². The second-order valence-electron chi connectivity index (χ2n) is 5.02. The van der Waals surface area contributed by atoms with Crippen LogP contribution >= 0.6 is 0 Å². The zero-order valence-electron chi connectivity index (χ0n) is 15.4. The normalized spacial score (nSPS) is 10.4. The standard InChI is InChI=1S/C15H20.C4H8.C3H8/c1-2-3-4-5-6-7-9-12-15-13-10-8-11-14-15;1-3-4-2;1-3-2/h3-6,8,10-11,13-14H,2,7,9,12H2,1H3;3-4H,1-2H3;3H2,1-2H3/b4-3-,6-5-;4-3-;. The number of rotatable bonds is 6. The van der Waals surface area contributed by atoms with Crippen molar-refractivity contribution in [3.05, 3.63) is 72.4 Å². The van der Waals surface area contributed by atoms with E-state index in [4.69, 9.17) is 0 Å². The molecule has 0 fully saturated rings. The monoisotopic (exact) mass is 300 g/mol. The van der Waals surface area contributed by atoms with E-state index in [2.05, 4.69) is 75.4 Å². The Morgan fingerprint density at radius 3 is 1.86 bits per heavy atom. The number of unbranched alkanes of at least 4 members (excludes halogenated alkanes) is 1. The molecule has 0 N–H and O–H groups in total. The minimum Gasteiger partial charge on any atom is -0.0919 e. The van der Waals surface area contributed by atoms with Crippen LogP contribution in [0.5, 0.6) is 0 Å². The highest BCUT2D eigenvalue weighted by molar-refractivity contribution is 5.14. The summed E-state index contributed by atoms with van der Waals surface area (Å²) in [5, 5.41) is 0. The Labute approximate surface area is 139 Å². The van der Waals surface area contributed by atoms with E-state index in [0.717, 1.165) is 6.42 Å². The third kappa shape index (κ3) is 20.8. The molecule has 0 saturated heterocycles. The predicted molar refractivity (Wildman–Crippen MR) is 104 cm³/mol. The molecule has 0 aliphatic rings. The molecule has 0 aliphatic carbocycles. The van der Waals surface area contributed by atoms with Crippen molar-refractivity contribution in [2.45, 2.75) is 66.7 Å². The summed E-state index contributed by atoms with van der Waals surface area (Å²) < 4.78 is 0. The molecular formula is C22H36. The van der Waals surface area contributed by atoms with Gasteiger partial charge in [0.25, 0.3) is 0 Å². The molecule has 0 amide bonds. The number of hydrogen-bond donors (Lipinski definition) is 0. The van der Waals surface area contributed by atoms with Crippen LogP contribution in [0.15, 0.2) is 66.8 Å². The van der Waals surface area contributed by atoms with E-state index in [9.17, 15) is 0 Å². The van der Waals surface area contributed by atoms with Gasteiger partial charge in [-0.25, -0.2) is 0 Å². The summed E-state index contributed by atoms with van der Waals surface area (Å²) in [6.07, 6.45) is 18.7. The highest BCUT2D eigenvalue weighted by Crippen LogP contribution is 2.04. The first kappa shape index (κ1) is 22.7. The van der Waals surface area contributed by atoms with Gasteiger partial charge in [0.2, 0.25) is 0 Å². The van der Waals surface area contributed by atoms with Gasteiger partial charge in [0.1, 0.15) is 0 Å². The van der Waals surface area contributed by atoms with Crippen LogP contribution in [0.2, 0.25) is 0 Å². The van der Waals surface area contributed by atoms with Gasteiger partial charge in [-0.15, -0.1) is 0 Å². The lowest BCUT2D eigenvalue weighted by Crippen LogP contribution is -1.82. The first-order valence-corrected chi connectivity index (χ1v) is 8.69. The van der Waals surface area contributed by atoms with Gasteiger partial charge in [0.15, 0.2) is 0 Å². The van der Waals surface area contributed by atoms with Crippen LogP contribution in [0, 0.1) is 0 Å². The Kier molecular flexibility index (Phi) is 22.4. The van der Waals surface area contributed by atoms with E-state index in [1.165, 1.54) is 31.2 Å². The molecule has 0 atom stereocenters. The zero-order chi connectivity index (χ0) is 16.9. The van der Waals surface area contributed by atoms with E-state index in [0.29, 0.717) is 0 Å². The number of allylic oxidation sites excluding steroid dienone is 6. The Bertz CT molecular complexity index is 364. The summed E-state index contributed by atoms with van der Waals surface area (Å²) in [4.78, 5) is 0. The smallest absolute Gasteiger partial charge is 0.0276 e. The minimum atomic E-state index is 1.12.